The molecular formula is C20H18N2. The van der Waals surface area contributed by atoms with Crippen molar-refractivity contribution in [2.24, 2.45) is 0 Å². The van der Waals surface area contributed by atoms with E-state index in [9.17, 15) is 0 Å². The van der Waals surface area contributed by atoms with Gasteiger partial charge in [-0.1, -0.05) is 48.5 Å². The van der Waals surface area contributed by atoms with Crippen LogP contribution in [0.4, 0.5) is 11.4 Å². The molecule has 0 aliphatic carbocycles. The number of hydrogen-bond acceptors (Lipinski definition) is 2. The maximum absolute atomic E-state index is 5.70. The van der Waals surface area contributed by atoms with Crippen molar-refractivity contribution in [1.29, 1.82) is 0 Å². The number of nitrogens with two attached hydrogens (primary N) is 2. The van der Waals surface area contributed by atoms with Crippen molar-refractivity contribution in [2.45, 2.75) is 0 Å². The van der Waals surface area contributed by atoms with Crippen LogP contribution in [0.2, 0.25) is 0 Å². The molecular weight excluding hydrogens is 268 g/mol. The third kappa shape index (κ3) is 3.55. The maximum Gasteiger partial charge on any atom is 0.0314 e. The van der Waals surface area contributed by atoms with Crippen molar-refractivity contribution in [1.82, 2.24) is 0 Å². The zero-order chi connectivity index (χ0) is 15.4. The lowest BCUT2D eigenvalue weighted by molar-refractivity contribution is 1.52. The summed E-state index contributed by atoms with van der Waals surface area (Å²) in [5.74, 6) is 0. The van der Waals surface area contributed by atoms with E-state index in [0.29, 0.717) is 0 Å². The number of rotatable bonds is 2. The predicted octanol–water partition coefficient (Wildman–Crippen LogP) is 2.51. The summed E-state index contributed by atoms with van der Waals surface area (Å²) in [7, 11) is 0. The Bertz CT molecular complexity index is 776. The van der Waals surface area contributed by atoms with Crippen molar-refractivity contribution >= 4 is 23.5 Å². The molecule has 22 heavy (non-hydrogen) atoms. The summed E-state index contributed by atoms with van der Waals surface area (Å²) in [6.07, 6.45) is 4.26. The summed E-state index contributed by atoms with van der Waals surface area (Å²) in [5, 5.41) is 2.33. The second kappa shape index (κ2) is 6.19. The Hall–Kier alpha value is -3.00. The molecule has 0 radical (unpaired) electrons. The van der Waals surface area contributed by atoms with Gasteiger partial charge in [0.2, 0.25) is 0 Å². The van der Waals surface area contributed by atoms with Crippen molar-refractivity contribution in [3.8, 4) is 0 Å². The first-order valence-corrected chi connectivity index (χ1v) is 7.20. The lowest BCUT2D eigenvalue weighted by Gasteiger charge is -1.96. The van der Waals surface area contributed by atoms with Crippen LogP contribution in [0.5, 0.6) is 0 Å². The normalized spacial score (nSPS) is 10.2. The van der Waals surface area contributed by atoms with Gasteiger partial charge in [0.1, 0.15) is 0 Å². The molecule has 108 valence electrons. The van der Waals surface area contributed by atoms with Crippen LogP contribution in [-0.4, -0.2) is 0 Å². The fourth-order valence-corrected chi connectivity index (χ4v) is 2.26. The van der Waals surface area contributed by atoms with Crippen molar-refractivity contribution in [2.75, 3.05) is 11.5 Å². The number of hydrogen-bond donors (Lipinski definition) is 2. The second-order valence-corrected chi connectivity index (χ2v) is 5.29. The zero-order valence-electron chi connectivity index (χ0n) is 12.2. The molecule has 3 aromatic carbocycles. The van der Waals surface area contributed by atoms with Gasteiger partial charge in [0.25, 0.3) is 0 Å². The molecule has 0 aliphatic heterocycles. The molecule has 0 atom stereocenters. The van der Waals surface area contributed by atoms with Crippen LogP contribution in [0, 0.1) is 0 Å². The minimum absolute atomic E-state index is 0.783. The average molecular weight is 286 g/mol. The summed E-state index contributed by atoms with van der Waals surface area (Å²) < 4.78 is 0. The number of nitrogen functional groups attached to an aromatic ring is 2. The minimum Gasteiger partial charge on any atom is -0.399 e. The van der Waals surface area contributed by atoms with Gasteiger partial charge in [0.15, 0.2) is 0 Å². The van der Waals surface area contributed by atoms with Gasteiger partial charge in [-0.05, 0) is 58.0 Å². The molecule has 0 aliphatic rings. The third-order valence-corrected chi connectivity index (χ3v) is 3.48. The Morgan fingerprint density at radius 2 is 0.773 bits per heavy atom. The van der Waals surface area contributed by atoms with E-state index in [-0.39, 0.29) is 0 Å². The molecule has 0 saturated heterocycles. The fraction of sp³-hybridized carbons (Fsp3) is 0. The topological polar surface area (TPSA) is 52.0 Å². The molecule has 3 aromatic rings. The summed E-state index contributed by atoms with van der Waals surface area (Å²) >= 11 is 0. The average Bonchev–Trinajstić information content (AvgIpc) is 2.54. The highest BCUT2D eigenvalue weighted by molar-refractivity contribution is 5.55. The summed E-state index contributed by atoms with van der Waals surface area (Å²) in [6.45, 7) is 0. The first-order valence-electron chi connectivity index (χ1n) is 7.20. The van der Waals surface area contributed by atoms with Gasteiger partial charge < -0.3 is 11.5 Å². The summed E-state index contributed by atoms with van der Waals surface area (Å²) in [4.78, 5) is 0. The van der Waals surface area contributed by atoms with Crippen LogP contribution in [0.3, 0.4) is 0 Å². The first-order chi connectivity index (χ1) is 10.7. The number of anilines is 2. The highest BCUT2D eigenvalue weighted by Gasteiger charge is 1.89. The van der Waals surface area contributed by atoms with Gasteiger partial charge in [-0.15, -0.1) is 0 Å². The molecule has 0 amide bonds. The van der Waals surface area contributed by atoms with E-state index in [1.165, 1.54) is 10.4 Å². The van der Waals surface area contributed by atoms with Crippen molar-refractivity contribution < 1.29 is 0 Å². The lowest BCUT2D eigenvalue weighted by atomic mass is 10.1. The molecule has 0 spiro atoms. The van der Waals surface area contributed by atoms with Crippen LogP contribution in [0.1, 0.15) is 11.1 Å². The SMILES string of the molecule is Nc1ccc(C=c2ccc(=Cc3ccc(N)cc3)cc2)cc1. The molecule has 0 fully saturated rings. The van der Waals surface area contributed by atoms with Crippen molar-refractivity contribution in [3.05, 3.63) is 94.4 Å². The molecule has 4 N–H and O–H groups in total. The van der Waals surface area contributed by atoms with Crippen LogP contribution < -0.4 is 21.9 Å². The molecule has 2 nitrogen and oxygen atoms in total. The second-order valence-electron chi connectivity index (χ2n) is 5.29. The van der Waals surface area contributed by atoms with Crippen molar-refractivity contribution in [3.63, 3.8) is 0 Å². The standard InChI is InChI=1S/C20H18N2/c21-19-9-5-17(6-10-19)13-15-1-2-16(4-3-15)14-18-7-11-20(22)12-8-18/h1-14H,21-22H2. The Kier molecular flexibility index (Phi) is 3.92. The van der Waals surface area contributed by atoms with E-state index in [2.05, 4.69) is 36.4 Å². The van der Waals surface area contributed by atoms with E-state index in [1.54, 1.807) is 0 Å². The van der Waals surface area contributed by atoms with E-state index in [0.717, 1.165) is 22.5 Å². The quantitative estimate of drug-likeness (QED) is 0.711. The van der Waals surface area contributed by atoms with Gasteiger partial charge in [-0.3, -0.25) is 0 Å². The van der Waals surface area contributed by atoms with E-state index in [1.807, 2.05) is 48.5 Å². The smallest absolute Gasteiger partial charge is 0.0314 e. The first kappa shape index (κ1) is 14.0. The van der Waals surface area contributed by atoms with Gasteiger partial charge in [0, 0.05) is 11.4 Å². The zero-order valence-corrected chi connectivity index (χ0v) is 12.2. The monoisotopic (exact) mass is 286 g/mol. The maximum atomic E-state index is 5.70. The van der Waals surface area contributed by atoms with E-state index in [4.69, 9.17) is 11.5 Å². The van der Waals surface area contributed by atoms with Crippen LogP contribution in [0.15, 0.2) is 72.8 Å². The predicted molar refractivity (Wildman–Crippen MR) is 94.5 cm³/mol. The third-order valence-electron chi connectivity index (χ3n) is 3.48. The van der Waals surface area contributed by atoms with Crippen LogP contribution in [-0.2, 0) is 0 Å². The largest absolute Gasteiger partial charge is 0.399 e. The summed E-state index contributed by atoms with van der Waals surface area (Å²) in [6, 6.07) is 24.2. The Morgan fingerprint density at radius 1 is 0.455 bits per heavy atom. The number of benzene rings is 3. The van der Waals surface area contributed by atoms with Gasteiger partial charge in [-0.2, -0.15) is 0 Å². The Labute approximate surface area is 130 Å². The minimum atomic E-state index is 0.783. The molecule has 0 aromatic heterocycles. The molecule has 0 saturated carbocycles. The molecule has 3 rings (SSSR count). The van der Waals surface area contributed by atoms with Gasteiger partial charge in [0.05, 0.1) is 0 Å². The van der Waals surface area contributed by atoms with Crippen LogP contribution >= 0.6 is 0 Å². The summed E-state index contributed by atoms with van der Waals surface area (Å²) in [5.41, 5.74) is 15.2. The molecule has 0 unspecified atom stereocenters. The molecule has 0 bridgehead atoms. The lowest BCUT2D eigenvalue weighted by Crippen LogP contribution is -2.07. The Morgan fingerprint density at radius 3 is 1.09 bits per heavy atom. The highest BCUT2D eigenvalue weighted by atomic mass is 14.5. The van der Waals surface area contributed by atoms with E-state index < -0.39 is 0 Å². The fourth-order valence-electron chi connectivity index (χ4n) is 2.26. The van der Waals surface area contributed by atoms with Gasteiger partial charge >= 0.3 is 0 Å². The molecule has 2 heteroatoms. The van der Waals surface area contributed by atoms with E-state index >= 15 is 0 Å². The highest BCUT2D eigenvalue weighted by Crippen LogP contribution is 2.06. The molecule has 0 heterocycles. The Balaban J connectivity index is 1.89. The van der Waals surface area contributed by atoms with Crippen LogP contribution in [0.25, 0.3) is 12.2 Å². The van der Waals surface area contributed by atoms with Gasteiger partial charge in [-0.25, -0.2) is 0 Å².